The number of pyridine rings is 4. The van der Waals surface area contributed by atoms with Gasteiger partial charge in [-0.2, -0.15) is 0 Å². The van der Waals surface area contributed by atoms with Crippen molar-refractivity contribution >= 4 is 111 Å². The quantitative estimate of drug-likeness (QED) is 0.193. The fourth-order valence-corrected chi connectivity index (χ4v) is 16.9. The highest BCUT2D eigenvalue weighted by atomic mass is 79.9. The molecular weight excluding hydrogens is 1260 g/mol. The number of carbonyl (C=O) groups is 4. The molecule has 8 aliphatic heterocycles. The molecule has 4 aromatic heterocycles. The molecule has 4 N–H and O–H groups in total. The van der Waals surface area contributed by atoms with Crippen molar-refractivity contribution in [3.05, 3.63) is 89.2 Å². The van der Waals surface area contributed by atoms with Crippen molar-refractivity contribution < 1.29 is 53.4 Å². The average molecular weight is 1310 g/mol. The highest BCUT2D eigenvalue weighted by Crippen LogP contribution is 2.63. The summed E-state index contributed by atoms with van der Waals surface area (Å²) in [5.41, 5.74) is 4.51. The van der Waals surface area contributed by atoms with Crippen molar-refractivity contribution in [1.29, 1.82) is 0 Å². The van der Waals surface area contributed by atoms with Gasteiger partial charge < -0.3 is 39.6 Å². The van der Waals surface area contributed by atoms with Crippen molar-refractivity contribution in [3.8, 4) is 0 Å². The lowest BCUT2D eigenvalue weighted by molar-refractivity contribution is -0.133. The van der Waals surface area contributed by atoms with Gasteiger partial charge in [-0.05, 0) is 112 Å². The molecule has 19 nitrogen and oxygen atoms in total. The topological polar surface area (TPSA) is 239 Å². The summed E-state index contributed by atoms with van der Waals surface area (Å²) in [7, 11) is 0. The van der Waals surface area contributed by atoms with Crippen LogP contribution < -0.4 is 20.0 Å². The largest absolute Gasteiger partial charge is 0.395 e. The Morgan fingerprint density at radius 3 is 1.01 bits per heavy atom. The molecule has 0 radical (unpaired) electrons. The van der Waals surface area contributed by atoms with E-state index >= 15 is 0 Å². The Morgan fingerprint density at radius 1 is 0.416 bits per heavy atom. The van der Waals surface area contributed by atoms with Crippen LogP contribution in [0.15, 0.2) is 66.9 Å². The van der Waals surface area contributed by atoms with Gasteiger partial charge in [-0.25, -0.2) is 19.9 Å². The fourth-order valence-electron chi connectivity index (χ4n) is 15.5. The molecule has 8 unspecified atom stereocenters. The molecule has 12 heterocycles. The van der Waals surface area contributed by atoms with E-state index in [1.54, 1.807) is 39.5 Å². The van der Waals surface area contributed by atoms with Crippen LogP contribution in [0.4, 0.5) is 23.3 Å². The Morgan fingerprint density at radius 2 is 0.688 bits per heavy atom. The van der Waals surface area contributed by atoms with Gasteiger partial charge >= 0.3 is 0 Å². The third-order valence-electron chi connectivity index (χ3n) is 18.8. The second-order valence-electron chi connectivity index (χ2n) is 22.1. The zero-order valence-corrected chi connectivity index (χ0v) is 47.8. The van der Waals surface area contributed by atoms with Crippen LogP contribution in [-0.4, -0.2) is 151 Å². The van der Waals surface area contributed by atoms with E-state index in [4.69, 9.17) is 18.9 Å². The number of carbonyl (C=O) groups excluding carboxylic acids is 4. The molecule has 406 valence electrons. The van der Waals surface area contributed by atoms with Crippen molar-refractivity contribution in [2.75, 3.05) is 112 Å². The standard InChI is InChI=1S/3C14H15BrN2O3.C12H11BrN2O2/c3*15-7-3-8-11-9-5-20-6-10(9)12(11)14(19)17(1-2-18)13(8)16-4-7;13-5-1-6-9-7-3-17-4-8(7)10(9)12(16)15-11(6)14-2-5/h3*3-4,9-12,18H,1-2,5-6H2;1-2,7-10H,3-4H2,(H,14,15,16)/t9-,10+,11+,12-;;;7-,8+,9+,10-/m1..1/s1. The first-order valence-corrected chi connectivity index (χ1v) is 29.6. The normalized spacial score (nSPS) is 35.0. The number of rotatable bonds is 6. The average Bonchev–Trinajstić information content (AvgIpc) is 4.39. The maximum Gasteiger partial charge on any atom is 0.232 e. The van der Waals surface area contributed by atoms with Crippen molar-refractivity contribution in [3.63, 3.8) is 0 Å². The van der Waals surface area contributed by atoms with Crippen LogP contribution in [0, 0.1) is 71.0 Å². The second-order valence-corrected chi connectivity index (χ2v) is 25.7. The van der Waals surface area contributed by atoms with Crippen LogP contribution in [-0.2, 0) is 38.1 Å². The summed E-state index contributed by atoms with van der Waals surface area (Å²) in [5.74, 6) is 7.55. The van der Waals surface area contributed by atoms with Crippen molar-refractivity contribution in [1.82, 2.24) is 19.9 Å². The number of amides is 4. The Labute approximate surface area is 477 Å². The SMILES string of the molecule is O=C1C2C3COCC3C2c2cc(Br)cnc2N1CCO.O=C1C2C3COCC3C2c2cc(Br)cnc2N1CCO.O=C1Nc2ncc(Br)cc2[C@H]2[C@@H]3COC[C@@H]3[C@@H]12.O=C1[C@@H]2[C@H]3COC[C@H]3[C@@H]2c2cc(Br)cnc2N1CCO. The first kappa shape index (κ1) is 52.5. The number of halogens is 4. The molecule has 4 saturated heterocycles. The van der Waals surface area contributed by atoms with Crippen LogP contribution in [0.5, 0.6) is 0 Å². The van der Waals surface area contributed by atoms with E-state index in [1.165, 1.54) is 0 Å². The maximum atomic E-state index is 12.7. The summed E-state index contributed by atoms with van der Waals surface area (Å²) in [4.78, 5) is 72.5. The monoisotopic (exact) mass is 1310 g/mol. The van der Waals surface area contributed by atoms with Gasteiger partial charge in [0.05, 0.1) is 116 Å². The zero-order chi connectivity index (χ0) is 53.1. The first-order valence-electron chi connectivity index (χ1n) is 26.4. The number of fused-ring (bicyclic) bond motifs is 24. The number of β-amino-alcohol motifs (C(OH)–C–C–N with tert-alkyl or cyclic N) is 3. The minimum atomic E-state index is -0.0507. The minimum Gasteiger partial charge on any atom is -0.395 e. The maximum absolute atomic E-state index is 12.7. The summed E-state index contributed by atoms with van der Waals surface area (Å²) in [6.45, 7) is 6.55. The van der Waals surface area contributed by atoms with Crippen molar-refractivity contribution in [2.45, 2.75) is 23.7 Å². The number of hydrogen-bond acceptors (Lipinski definition) is 15. The fraction of sp³-hybridized carbons (Fsp3) is 0.556. The molecule has 0 spiro atoms. The molecule has 8 fully saturated rings. The molecule has 0 aromatic carbocycles. The Bertz CT molecular complexity index is 2810. The highest BCUT2D eigenvalue weighted by Gasteiger charge is 2.64. The Kier molecular flexibility index (Phi) is 14.2. The first-order chi connectivity index (χ1) is 37.4. The van der Waals surface area contributed by atoms with Crippen LogP contribution in [0.1, 0.15) is 45.9 Å². The highest BCUT2D eigenvalue weighted by molar-refractivity contribution is 9.11. The number of aromatic nitrogens is 4. The molecule has 12 aliphatic rings. The molecule has 16 atom stereocenters. The van der Waals surface area contributed by atoms with Crippen LogP contribution in [0.3, 0.4) is 0 Å². The van der Waals surface area contributed by atoms with E-state index in [0.29, 0.717) is 110 Å². The van der Waals surface area contributed by atoms with Gasteiger partial charge in [0.25, 0.3) is 0 Å². The second kappa shape index (κ2) is 20.9. The lowest BCUT2D eigenvalue weighted by Crippen LogP contribution is -2.57. The third kappa shape index (κ3) is 8.43. The lowest BCUT2D eigenvalue weighted by Gasteiger charge is -2.52. The molecular formula is C54H56Br4N8O11. The molecule has 4 amide bonds. The van der Waals surface area contributed by atoms with Crippen LogP contribution >= 0.6 is 63.7 Å². The molecule has 23 heteroatoms. The van der Waals surface area contributed by atoms with Gasteiger partial charge in [0, 0.05) is 112 Å². The smallest absolute Gasteiger partial charge is 0.232 e. The van der Waals surface area contributed by atoms with Gasteiger partial charge in [-0.3, -0.25) is 33.9 Å². The van der Waals surface area contributed by atoms with E-state index in [-0.39, 0.29) is 84.9 Å². The number of hydrogen-bond donors (Lipinski definition) is 4. The summed E-state index contributed by atoms with van der Waals surface area (Å²) in [6.07, 6.45) is 6.84. The molecule has 4 aromatic rings. The summed E-state index contributed by atoms with van der Waals surface area (Å²) < 4.78 is 25.9. The van der Waals surface area contributed by atoms with Gasteiger partial charge in [0.2, 0.25) is 23.6 Å². The number of anilines is 4. The zero-order valence-electron chi connectivity index (χ0n) is 41.5. The molecule has 16 rings (SSSR count). The van der Waals surface area contributed by atoms with Gasteiger partial charge in [0.15, 0.2) is 0 Å². The molecule has 4 aliphatic carbocycles. The van der Waals surface area contributed by atoms with E-state index in [2.05, 4.69) is 113 Å². The number of nitrogens with one attached hydrogen (secondary N) is 1. The van der Waals surface area contributed by atoms with Gasteiger partial charge in [0.1, 0.15) is 23.3 Å². The Balaban J connectivity index is 0.0000000981. The lowest BCUT2D eigenvalue weighted by atomic mass is 9.54. The summed E-state index contributed by atoms with van der Waals surface area (Å²) in [5, 5.41) is 30.6. The molecule has 4 saturated carbocycles. The van der Waals surface area contributed by atoms with Crippen LogP contribution in [0.25, 0.3) is 0 Å². The number of nitrogens with zero attached hydrogens (tertiary/aromatic N) is 7. The van der Waals surface area contributed by atoms with E-state index in [0.717, 1.165) is 79.0 Å². The predicted molar refractivity (Wildman–Crippen MR) is 291 cm³/mol. The number of aliphatic hydroxyl groups is 3. The molecule has 77 heavy (non-hydrogen) atoms. The number of aliphatic hydroxyl groups excluding tert-OH is 3. The number of ether oxygens (including phenoxy) is 4. The van der Waals surface area contributed by atoms with Gasteiger partial charge in [-0.15, -0.1) is 0 Å². The summed E-state index contributed by atoms with van der Waals surface area (Å²) in [6, 6.07) is 8.26. The van der Waals surface area contributed by atoms with Crippen LogP contribution in [0.2, 0.25) is 0 Å². The van der Waals surface area contributed by atoms with Crippen molar-refractivity contribution in [2.24, 2.45) is 71.0 Å². The third-order valence-corrected chi connectivity index (χ3v) is 20.5. The van der Waals surface area contributed by atoms with Gasteiger partial charge in [-0.1, -0.05) is 0 Å². The summed E-state index contributed by atoms with van der Waals surface area (Å²) >= 11 is 13.8. The van der Waals surface area contributed by atoms with E-state index in [1.807, 2.05) is 0 Å². The van der Waals surface area contributed by atoms with E-state index in [9.17, 15) is 34.5 Å². The minimum absolute atomic E-state index is 0.00218. The van der Waals surface area contributed by atoms with E-state index < -0.39 is 0 Å². The Hall–Kier alpha value is -3.88. The predicted octanol–water partition coefficient (Wildman–Crippen LogP) is 5.25. The molecule has 0 bridgehead atoms.